The first kappa shape index (κ1) is 31.1. The number of anilines is 2. The van der Waals surface area contributed by atoms with E-state index in [1.54, 1.807) is 0 Å². The number of hydrogen-bond donors (Lipinski definition) is 6. The Balaban J connectivity index is 1.20. The number of aromatic amines is 1. The number of thiol groups is 1. The number of alkyl halides is 2. The third kappa shape index (κ3) is 5.59. The SMILES string of the molecule is Nc1nc2c(ncn2[C@@H]2O[C@@H]3COP(O)(=S)OC4[C@@H](CO[P+](O)(S)OC2C3F)O[C@@H](n2cnc3c(N)ncnc32)[C@H]4F)c(=O)[nH]1. The zero-order chi connectivity index (χ0) is 31.8. The Morgan fingerprint density at radius 3 is 2.51 bits per heavy atom. The summed E-state index contributed by atoms with van der Waals surface area (Å²) in [7, 11) is -4.24. The van der Waals surface area contributed by atoms with Gasteiger partial charge in [-0.1, -0.05) is 0 Å². The van der Waals surface area contributed by atoms with Gasteiger partial charge in [-0.15, -0.1) is 0 Å². The molecule has 45 heavy (non-hydrogen) atoms. The minimum Gasteiger partial charge on any atom is -0.382 e. The maximum absolute atomic E-state index is 16.0. The Morgan fingerprint density at radius 2 is 1.73 bits per heavy atom. The monoisotopic (exact) mass is 711 g/mol. The third-order valence-corrected chi connectivity index (χ3v) is 10.4. The molecule has 10 atom stereocenters. The van der Waals surface area contributed by atoms with Crippen LogP contribution in [0.25, 0.3) is 22.3 Å². The fourth-order valence-electron chi connectivity index (χ4n) is 5.24. The van der Waals surface area contributed by atoms with E-state index in [1.807, 2.05) is 0 Å². The van der Waals surface area contributed by atoms with Crippen LogP contribution in [0.3, 0.4) is 0 Å². The number of rotatable bonds is 2. The molecule has 0 radical (unpaired) electrons. The molecule has 3 aliphatic rings. The molecule has 3 fully saturated rings. The van der Waals surface area contributed by atoms with Gasteiger partial charge in [-0.3, -0.25) is 23.4 Å². The summed E-state index contributed by atoms with van der Waals surface area (Å²) in [6, 6.07) is 0. The lowest BCUT2D eigenvalue weighted by Gasteiger charge is -2.25. The molecule has 7 N–H and O–H groups in total. The van der Waals surface area contributed by atoms with Crippen LogP contribution in [-0.4, -0.2) is 98.8 Å². The fourth-order valence-corrected chi connectivity index (χ4v) is 8.14. The van der Waals surface area contributed by atoms with Crippen LogP contribution >= 0.6 is 26.1 Å². The number of nitrogen functional groups attached to an aromatic ring is 2. The van der Waals surface area contributed by atoms with Gasteiger partial charge < -0.3 is 30.4 Å². The van der Waals surface area contributed by atoms with Crippen LogP contribution in [0.2, 0.25) is 0 Å². The van der Waals surface area contributed by atoms with E-state index in [4.69, 9.17) is 50.8 Å². The van der Waals surface area contributed by atoms with Crippen molar-refractivity contribution >= 4 is 72.0 Å². The van der Waals surface area contributed by atoms with E-state index in [0.717, 1.165) is 12.7 Å². The summed E-state index contributed by atoms with van der Waals surface area (Å²) in [4.78, 5) is 56.6. The zero-order valence-corrected chi connectivity index (χ0v) is 25.8. The van der Waals surface area contributed by atoms with Crippen LogP contribution in [0.15, 0.2) is 23.8 Å². The lowest BCUT2D eigenvalue weighted by Crippen LogP contribution is -2.34. The van der Waals surface area contributed by atoms with E-state index in [2.05, 4.69) is 42.2 Å². The molecule has 242 valence electrons. The number of ether oxygens (including phenoxy) is 2. The van der Waals surface area contributed by atoms with Crippen molar-refractivity contribution in [3.63, 3.8) is 0 Å². The van der Waals surface area contributed by atoms with Gasteiger partial charge in [-0.25, -0.2) is 28.7 Å². The first-order chi connectivity index (χ1) is 21.3. The molecule has 0 aliphatic carbocycles. The molecule has 7 rings (SSSR count). The molecular weight excluding hydrogens is 688 g/mol. The van der Waals surface area contributed by atoms with Crippen molar-refractivity contribution in [1.82, 2.24) is 39.0 Å². The van der Waals surface area contributed by atoms with Gasteiger partial charge in [0.2, 0.25) is 5.95 Å². The van der Waals surface area contributed by atoms with E-state index < -0.39 is 81.9 Å². The molecule has 2 bridgehead atoms. The second-order valence-corrected chi connectivity index (χ2v) is 15.8. The quantitative estimate of drug-likeness (QED) is 0.120. The number of fused-ring (bicyclic) bond motifs is 5. The average molecular weight is 712 g/mol. The van der Waals surface area contributed by atoms with Gasteiger partial charge in [0.05, 0.1) is 31.5 Å². The third-order valence-electron chi connectivity index (χ3n) is 7.24. The van der Waals surface area contributed by atoms with Crippen LogP contribution in [-0.2, 0) is 39.4 Å². The minimum absolute atomic E-state index is 0.0479. The molecule has 4 aromatic heterocycles. The van der Waals surface area contributed by atoms with Gasteiger partial charge in [0.15, 0.2) is 53.5 Å². The van der Waals surface area contributed by atoms with Crippen LogP contribution in [0.4, 0.5) is 20.5 Å². The number of nitrogens with zero attached hydrogens (tertiary/aromatic N) is 7. The molecule has 0 aromatic carbocycles. The molecule has 7 heterocycles. The van der Waals surface area contributed by atoms with Gasteiger partial charge >= 0.3 is 13.9 Å². The predicted octanol–water partition coefficient (Wildman–Crippen LogP) is 0.229. The van der Waals surface area contributed by atoms with Crippen molar-refractivity contribution in [2.45, 2.75) is 49.2 Å². The van der Waals surface area contributed by atoms with E-state index in [9.17, 15) is 14.6 Å². The fraction of sp³-hybridized carbons (Fsp3) is 0.500. The topological polar surface area (TPSA) is 255 Å². The maximum Gasteiger partial charge on any atom is 0.476 e. The highest BCUT2D eigenvalue weighted by molar-refractivity contribution is 8.47. The summed E-state index contributed by atoms with van der Waals surface area (Å²) in [5.74, 6) is -0.204. The summed E-state index contributed by atoms with van der Waals surface area (Å²) in [5.41, 5.74) is 11.0. The number of H-pyrrole nitrogens is 1. The van der Waals surface area contributed by atoms with Crippen molar-refractivity contribution in [3.8, 4) is 0 Å². The Labute approximate surface area is 260 Å². The van der Waals surface area contributed by atoms with E-state index >= 15 is 8.78 Å². The molecule has 4 aromatic rings. The van der Waals surface area contributed by atoms with Gasteiger partial charge in [-0.2, -0.15) is 18.9 Å². The number of halogens is 2. The minimum atomic E-state index is -4.31. The Morgan fingerprint density at radius 1 is 1.02 bits per heavy atom. The summed E-state index contributed by atoms with van der Waals surface area (Å²) in [6.45, 7) is -5.63. The lowest BCUT2D eigenvalue weighted by atomic mass is 10.1. The summed E-state index contributed by atoms with van der Waals surface area (Å²) in [5, 5.41) is 0. The summed E-state index contributed by atoms with van der Waals surface area (Å²) in [6.07, 6.45) is -9.51. The highest BCUT2D eigenvalue weighted by Gasteiger charge is 2.58. The molecule has 0 saturated carbocycles. The van der Waals surface area contributed by atoms with Gasteiger partial charge in [0, 0.05) is 0 Å². The van der Waals surface area contributed by atoms with Crippen LogP contribution in [0.5, 0.6) is 0 Å². The van der Waals surface area contributed by atoms with Crippen molar-refractivity contribution in [2.24, 2.45) is 0 Å². The normalized spacial score (nSPS) is 37.7. The first-order valence-electron chi connectivity index (χ1n) is 12.9. The van der Waals surface area contributed by atoms with Crippen LogP contribution in [0, 0.1) is 0 Å². The van der Waals surface area contributed by atoms with Crippen LogP contribution in [0.1, 0.15) is 12.5 Å². The van der Waals surface area contributed by atoms with Crippen molar-refractivity contribution in [1.29, 1.82) is 0 Å². The van der Waals surface area contributed by atoms with E-state index in [1.165, 1.54) is 15.5 Å². The Kier molecular flexibility index (Phi) is 7.82. The van der Waals surface area contributed by atoms with Gasteiger partial charge in [-0.05, 0) is 11.8 Å². The smallest absolute Gasteiger partial charge is 0.382 e. The largest absolute Gasteiger partial charge is 0.476 e. The number of hydrogen-bond acceptors (Lipinski definition) is 17. The molecule has 5 unspecified atom stereocenters. The number of nitrogens with one attached hydrogen (secondary N) is 1. The molecule has 0 amide bonds. The average Bonchev–Trinajstić information content (AvgIpc) is 3.72. The predicted molar refractivity (Wildman–Crippen MR) is 156 cm³/mol. The van der Waals surface area contributed by atoms with E-state index in [0.29, 0.717) is 0 Å². The Bertz CT molecular complexity index is 1890. The lowest BCUT2D eigenvalue weighted by molar-refractivity contribution is -0.0603. The van der Waals surface area contributed by atoms with Crippen molar-refractivity contribution < 1.29 is 46.1 Å². The Hall–Kier alpha value is -2.53. The molecular formula is C20H23F2N10O9P2S2+. The summed E-state index contributed by atoms with van der Waals surface area (Å²) < 4.78 is 68.1. The van der Waals surface area contributed by atoms with Gasteiger partial charge in [0.1, 0.15) is 36.8 Å². The second kappa shape index (κ2) is 11.3. The second-order valence-electron chi connectivity index (χ2n) is 10.1. The molecule has 3 saturated heterocycles. The van der Waals surface area contributed by atoms with E-state index in [-0.39, 0.29) is 34.1 Å². The van der Waals surface area contributed by atoms with Crippen molar-refractivity contribution in [2.75, 3.05) is 24.7 Å². The molecule has 0 spiro atoms. The molecule has 19 nitrogen and oxygen atoms in total. The first-order valence-corrected chi connectivity index (χ1v) is 18.2. The summed E-state index contributed by atoms with van der Waals surface area (Å²) >= 11 is 9.23. The highest BCUT2D eigenvalue weighted by atomic mass is 32.7. The highest BCUT2D eigenvalue weighted by Crippen LogP contribution is 2.65. The number of nitrogens with two attached hydrogens (primary N) is 2. The maximum atomic E-state index is 16.0. The molecule has 3 aliphatic heterocycles. The van der Waals surface area contributed by atoms with Crippen LogP contribution < -0.4 is 17.0 Å². The standard InChI is InChI=1S/C20H22F2N10O9P2S2/c21-8-6-1-36-42(34,44)40-12-7(39-18(9(12)22)31-4-27-10-14(23)25-3-26-15(10)31)2-37-43(35,45)41-13(8)19(38-6)32-5-28-11-16(32)29-20(24)30-17(11)33/h3-9,12-13,18-19,35,45H,1-2H2,(H5-,23,24,25,26,29,30,33,34,44)/p+1/t6-,7-,8?,9+,12?,13?,18-,19-,42?,43?/m1/s1. The van der Waals surface area contributed by atoms with Crippen molar-refractivity contribution in [3.05, 3.63) is 29.3 Å². The zero-order valence-electron chi connectivity index (χ0n) is 22.3. The van der Waals surface area contributed by atoms with Gasteiger partial charge in [0.25, 0.3) is 5.56 Å². The number of aromatic nitrogens is 8. The molecule has 25 heteroatoms. The number of imidazole rings is 2.